The molecular formula is C14H20N4O. The third kappa shape index (κ3) is 2.04. The van der Waals surface area contributed by atoms with E-state index in [0.29, 0.717) is 6.04 Å². The molecule has 0 bridgehead atoms. The Hall–Kier alpha value is -1.75. The Balaban J connectivity index is 2.17. The van der Waals surface area contributed by atoms with Gasteiger partial charge in [0.15, 0.2) is 0 Å². The van der Waals surface area contributed by atoms with Crippen LogP contribution in [0, 0.1) is 0 Å². The molecule has 1 aromatic heterocycles. The van der Waals surface area contributed by atoms with Gasteiger partial charge in [-0.1, -0.05) is 6.07 Å². The van der Waals surface area contributed by atoms with E-state index >= 15 is 0 Å². The number of para-hydroxylation sites is 1. The lowest BCUT2D eigenvalue weighted by Gasteiger charge is -2.24. The highest BCUT2D eigenvalue weighted by atomic mass is 16.1. The maximum atomic E-state index is 12.3. The number of nitrogens with zero attached hydrogens (tertiary/aromatic N) is 2. The Labute approximate surface area is 112 Å². The quantitative estimate of drug-likeness (QED) is 0.856. The zero-order valence-electron chi connectivity index (χ0n) is 11.4. The number of benzene rings is 1. The average molecular weight is 260 g/mol. The monoisotopic (exact) mass is 260 g/mol. The minimum absolute atomic E-state index is 0.0104. The lowest BCUT2D eigenvalue weighted by atomic mass is 10.1. The van der Waals surface area contributed by atoms with E-state index in [1.54, 1.807) is 0 Å². The predicted molar refractivity (Wildman–Crippen MR) is 78.0 cm³/mol. The number of nitrogens with one attached hydrogen (secondary N) is 2. The molecule has 1 fully saturated rings. The van der Waals surface area contributed by atoms with Gasteiger partial charge in [-0.15, -0.1) is 0 Å². The van der Waals surface area contributed by atoms with Gasteiger partial charge < -0.3 is 15.2 Å². The zero-order chi connectivity index (χ0) is 13.4. The summed E-state index contributed by atoms with van der Waals surface area (Å²) in [6.45, 7) is 1.97. The predicted octanol–water partition coefficient (Wildman–Crippen LogP) is 1.32. The number of rotatable bonds is 2. The van der Waals surface area contributed by atoms with E-state index in [0.717, 1.165) is 42.7 Å². The van der Waals surface area contributed by atoms with E-state index in [1.165, 1.54) is 0 Å². The highest BCUT2D eigenvalue weighted by molar-refractivity contribution is 5.88. The van der Waals surface area contributed by atoms with Crippen molar-refractivity contribution < 1.29 is 0 Å². The molecule has 0 saturated carbocycles. The van der Waals surface area contributed by atoms with E-state index in [2.05, 4.69) is 10.3 Å². The lowest BCUT2D eigenvalue weighted by molar-refractivity contribution is 0.368. The first-order valence-corrected chi connectivity index (χ1v) is 6.80. The molecular weight excluding hydrogens is 240 g/mol. The van der Waals surface area contributed by atoms with Gasteiger partial charge in [-0.05, 0) is 38.1 Å². The van der Waals surface area contributed by atoms with Crippen LogP contribution in [0.2, 0.25) is 0 Å². The van der Waals surface area contributed by atoms with E-state index in [1.807, 2.05) is 41.8 Å². The molecule has 102 valence electrons. The maximum Gasteiger partial charge on any atom is 0.326 e. The second kappa shape index (κ2) is 4.74. The largest absolute Gasteiger partial charge is 0.376 e. The van der Waals surface area contributed by atoms with Crippen molar-refractivity contribution in [2.45, 2.75) is 18.9 Å². The molecule has 1 aliphatic rings. The van der Waals surface area contributed by atoms with Crippen molar-refractivity contribution in [1.82, 2.24) is 14.9 Å². The molecule has 19 heavy (non-hydrogen) atoms. The van der Waals surface area contributed by atoms with Crippen LogP contribution in [-0.4, -0.2) is 36.7 Å². The van der Waals surface area contributed by atoms with E-state index < -0.39 is 0 Å². The van der Waals surface area contributed by atoms with Crippen molar-refractivity contribution in [3.05, 3.63) is 28.7 Å². The molecule has 1 aromatic carbocycles. The Morgan fingerprint density at radius 2 is 2.00 bits per heavy atom. The number of hydrogen-bond donors (Lipinski definition) is 2. The first-order valence-electron chi connectivity index (χ1n) is 6.80. The van der Waals surface area contributed by atoms with Crippen LogP contribution in [-0.2, 0) is 0 Å². The highest BCUT2D eigenvalue weighted by Crippen LogP contribution is 2.27. The van der Waals surface area contributed by atoms with Crippen LogP contribution >= 0.6 is 0 Å². The van der Waals surface area contributed by atoms with Gasteiger partial charge >= 0.3 is 5.69 Å². The van der Waals surface area contributed by atoms with Crippen molar-refractivity contribution in [3.8, 4) is 0 Å². The van der Waals surface area contributed by atoms with Crippen molar-refractivity contribution >= 4 is 16.7 Å². The lowest BCUT2D eigenvalue weighted by Crippen LogP contribution is -2.33. The summed E-state index contributed by atoms with van der Waals surface area (Å²) in [4.78, 5) is 17.3. The number of piperidine rings is 1. The molecule has 0 aliphatic carbocycles. The van der Waals surface area contributed by atoms with Crippen LogP contribution in [0.4, 0.5) is 5.69 Å². The molecule has 1 saturated heterocycles. The van der Waals surface area contributed by atoms with Gasteiger partial charge in [0, 0.05) is 20.1 Å². The molecule has 1 aliphatic heterocycles. The second-order valence-electron chi connectivity index (χ2n) is 5.35. The Morgan fingerprint density at radius 3 is 2.68 bits per heavy atom. The van der Waals surface area contributed by atoms with Gasteiger partial charge in [-0.2, -0.15) is 0 Å². The summed E-state index contributed by atoms with van der Waals surface area (Å²) in [7, 11) is 3.99. The van der Waals surface area contributed by atoms with Crippen molar-refractivity contribution in [1.29, 1.82) is 0 Å². The molecule has 0 spiro atoms. The van der Waals surface area contributed by atoms with E-state index in [-0.39, 0.29) is 5.69 Å². The van der Waals surface area contributed by atoms with Crippen LogP contribution < -0.4 is 15.9 Å². The fourth-order valence-electron chi connectivity index (χ4n) is 2.93. The Kier molecular flexibility index (Phi) is 3.06. The molecule has 2 heterocycles. The third-order valence-corrected chi connectivity index (χ3v) is 3.89. The summed E-state index contributed by atoms with van der Waals surface area (Å²) in [6.07, 6.45) is 2.03. The molecule has 0 radical (unpaired) electrons. The number of hydrogen-bond acceptors (Lipinski definition) is 3. The van der Waals surface area contributed by atoms with Crippen LogP contribution in [0.3, 0.4) is 0 Å². The fraction of sp³-hybridized carbons (Fsp3) is 0.500. The number of fused-ring (bicyclic) bond motifs is 1. The molecule has 5 nitrogen and oxygen atoms in total. The van der Waals surface area contributed by atoms with Crippen LogP contribution in [0.25, 0.3) is 11.0 Å². The fourth-order valence-corrected chi connectivity index (χ4v) is 2.93. The van der Waals surface area contributed by atoms with Crippen molar-refractivity contribution in [2.24, 2.45) is 0 Å². The minimum Gasteiger partial charge on any atom is -0.376 e. The number of H-pyrrole nitrogens is 1. The summed E-state index contributed by atoms with van der Waals surface area (Å²) < 4.78 is 1.93. The Bertz CT molecular complexity index is 634. The SMILES string of the molecule is CN(C)c1cccc2c1[nH]c(=O)n2C1CCNCC1. The number of anilines is 1. The molecule has 5 heteroatoms. The molecule has 0 amide bonds. The van der Waals surface area contributed by atoms with Crippen LogP contribution in [0.5, 0.6) is 0 Å². The summed E-state index contributed by atoms with van der Waals surface area (Å²) >= 11 is 0. The van der Waals surface area contributed by atoms with Crippen LogP contribution in [0.1, 0.15) is 18.9 Å². The average Bonchev–Trinajstić information content (AvgIpc) is 2.75. The first kappa shape index (κ1) is 12.3. The van der Waals surface area contributed by atoms with E-state index in [4.69, 9.17) is 0 Å². The molecule has 2 N–H and O–H groups in total. The standard InChI is InChI=1S/C14H20N4O/c1-17(2)11-4-3-5-12-13(11)16-14(19)18(12)10-6-8-15-9-7-10/h3-5,10,15H,6-9H2,1-2H3,(H,16,19). The summed E-state index contributed by atoms with van der Waals surface area (Å²) in [6, 6.07) is 6.38. The second-order valence-corrected chi connectivity index (χ2v) is 5.35. The highest BCUT2D eigenvalue weighted by Gasteiger charge is 2.20. The van der Waals surface area contributed by atoms with Gasteiger partial charge in [-0.3, -0.25) is 4.57 Å². The van der Waals surface area contributed by atoms with Crippen molar-refractivity contribution in [3.63, 3.8) is 0 Å². The van der Waals surface area contributed by atoms with Gasteiger partial charge in [-0.25, -0.2) is 4.79 Å². The molecule has 0 unspecified atom stereocenters. The molecule has 2 aromatic rings. The third-order valence-electron chi connectivity index (χ3n) is 3.89. The van der Waals surface area contributed by atoms with Crippen LogP contribution in [0.15, 0.2) is 23.0 Å². The number of aromatic nitrogens is 2. The summed E-state index contributed by atoms with van der Waals surface area (Å²) in [5.41, 5.74) is 3.03. The normalized spacial score (nSPS) is 16.9. The first-order chi connectivity index (χ1) is 9.18. The number of imidazole rings is 1. The number of aromatic amines is 1. The Morgan fingerprint density at radius 1 is 1.26 bits per heavy atom. The van der Waals surface area contributed by atoms with Crippen molar-refractivity contribution in [2.75, 3.05) is 32.1 Å². The molecule has 0 atom stereocenters. The van der Waals surface area contributed by atoms with Gasteiger partial charge in [0.05, 0.1) is 16.7 Å². The molecule has 3 rings (SSSR count). The van der Waals surface area contributed by atoms with Gasteiger partial charge in [0.2, 0.25) is 0 Å². The summed E-state index contributed by atoms with van der Waals surface area (Å²) in [5, 5.41) is 3.34. The van der Waals surface area contributed by atoms with Gasteiger partial charge in [0.25, 0.3) is 0 Å². The summed E-state index contributed by atoms with van der Waals surface area (Å²) in [5.74, 6) is 0. The minimum atomic E-state index is 0.0104. The smallest absolute Gasteiger partial charge is 0.326 e. The van der Waals surface area contributed by atoms with E-state index in [9.17, 15) is 4.79 Å². The topological polar surface area (TPSA) is 53.1 Å². The maximum absolute atomic E-state index is 12.3. The zero-order valence-corrected chi connectivity index (χ0v) is 11.4. The van der Waals surface area contributed by atoms with Gasteiger partial charge in [0.1, 0.15) is 0 Å².